The number of hydrogen-bond acceptors (Lipinski definition) is 3. The Labute approximate surface area is 189 Å². The van der Waals surface area contributed by atoms with Gasteiger partial charge in [-0.1, -0.05) is 78.9 Å². The van der Waals surface area contributed by atoms with Gasteiger partial charge in [0.2, 0.25) is 5.89 Å². The van der Waals surface area contributed by atoms with E-state index in [9.17, 15) is 0 Å². The third-order valence-corrected chi connectivity index (χ3v) is 6.13. The van der Waals surface area contributed by atoms with E-state index >= 15 is 0 Å². The van der Waals surface area contributed by atoms with Crippen LogP contribution in [0.4, 0.5) is 0 Å². The van der Waals surface area contributed by atoms with Crippen molar-refractivity contribution < 1.29 is 9.15 Å². The Morgan fingerprint density at radius 1 is 0.906 bits per heavy atom. The average molecular weight is 422 g/mol. The Bertz CT molecular complexity index is 1150. The maximum Gasteiger partial charge on any atom is 0.223 e. The Kier molecular flexibility index (Phi) is 5.89. The lowest BCUT2D eigenvalue weighted by Gasteiger charge is -2.22. The van der Waals surface area contributed by atoms with Crippen molar-refractivity contribution in [1.29, 1.82) is 0 Å². The van der Waals surface area contributed by atoms with Crippen molar-refractivity contribution in [2.75, 3.05) is 7.11 Å². The van der Waals surface area contributed by atoms with Crippen molar-refractivity contribution >= 4 is 5.57 Å². The highest BCUT2D eigenvalue weighted by atomic mass is 16.5. The molecule has 1 heterocycles. The highest BCUT2D eigenvalue weighted by molar-refractivity contribution is 5.79. The van der Waals surface area contributed by atoms with E-state index in [1.54, 1.807) is 7.11 Å². The summed E-state index contributed by atoms with van der Waals surface area (Å²) < 4.78 is 11.9. The quantitative estimate of drug-likeness (QED) is 0.324. The molecule has 0 fully saturated rings. The van der Waals surface area contributed by atoms with Gasteiger partial charge in [-0.25, -0.2) is 4.98 Å². The van der Waals surface area contributed by atoms with Crippen molar-refractivity contribution in [1.82, 2.24) is 4.98 Å². The van der Waals surface area contributed by atoms with Gasteiger partial charge < -0.3 is 9.15 Å². The van der Waals surface area contributed by atoms with E-state index in [4.69, 9.17) is 14.1 Å². The number of hydrogen-bond donors (Lipinski definition) is 0. The summed E-state index contributed by atoms with van der Waals surface area (Å²) in [5.74, 6) is 2.85. The molecular weight excluding hydrogens is 394 g/mol. The zero-order valence-corrected chi connectivity index (χ0v) is 18.3. The molecule has 0 bridgehead atoms. The fourth-order valence-corrected chi connectivity index (χ4v) is 4.52. The minimum absolute atomic E-state index is 0.377. The number of aromatic nitrogens is 1. The van der Waals surface area contributed by atoms with Gasteiger partial charge in [0.25, 0.3) is 0 Å². The minimum atomic E-state index is 0.377. The van der Waals surface area contributed by atoms with Crippen LogP contribution in [-0.4, -0.2) is 12.1 Å². The van der Waals surface area contributed by atoms with E-state index < -0.39 is 0 Å². The van der Waals surface area contributed by atoms with Crippen LogP contribution in [0.5, 0.6) is 5.75 Å². The zero-order chi connectivity index (χ0) is 21.8. The fourth-order valence-electron chi connectivity index (χ4n) is 4.52. The molecule has 0 unspecified atom stereocenters. The molecule has 0 saturated heterocycles. The fraction of sp³-hybridized carbons (Fsp3) is 0.207. The average Bonchev–Trinajstić information content (AvgIpc) is 3.31. The molecule has 0 amide bonds. The van der Waals surface area contributed by atoms with Gasteiger partial charge in [-0.2, -0.15) is 0 Å². The number of methoxy groups -OCH3 is 1. The van der Waals surface area contributed by atoms with Crippen LogP contribution in [0.2, 0.25) is 0 Å². The summed E-state index contributed by atoms with van der Waals surface area (Å²) in [6.45, 7) is 0. The van der Waals surface area contributed by atoms with Crippen LogP contribution in [-0.2, 0) is 6.42 Å². The molecule has 0 spiro atoms. The summed E-state index contributed by atoms with van der Waals surface area (Å²) in [6.07, 6.45) is 6.66. The Morgan fingerprint density at radius 2 is 1.66 bits per heavy atom. The second kappa shape index (κ2) is 9.27. The largest absolute Gasteiger partial charge is 0.497 e. The van der Waals surface area contributed by atoms with E-state index in [1.807, 2.05) is 42.5 Å². The number of benzene rings is 3. The summed E-state index contributed by atoms with van der Waals surface area (Å²) in [4.78, 5) is 5.05. The number of allylic oxidation sites excluding steroid dienone is 2. The molecule has 0 aliphatic heterocycles. The number of oxazole rings is 1. The van der Waals surface area contributed by atoms with Gasteiger partial charge in [-0.15, -0.1) is 0 Å². The lowest BCUT2D eigenvalue weighted by atomic mass is 9.83. The summed E-state index contributed by atoms with van der Waals surface area (Å²) in [5, 5.41) is 0. The standard InChI is InChI=1S/C29H27NO2/c1-31-25-17-10-11-21(20-25)19-24-16-8-9-18-26(24)29-30-27(22-12-4-2-5-13-22)28(32-29)23-14-6-3-7-15-23/h2-7,10-15,17-18,20,24H,8-9,16,19H2,1H3/t24-/m0/s1. The third-order valence-electron chi connectivity index (χ3n) is 6.13. The molecule has 3 nitrogen and oxygen atoms in total. The second-order valence-electron chi connectivity index (χ2n) is 8.27. The maximum atomic E-state index is 6.50. The first-order valence-corrected chi connectivity index (χ1v) is 11.3. The topological polar surface area (TPSA) is 35.3 Å². The molecule has 3 aromatic carbocycles. The lowest BCUT2D eigenvalue weighted by molar-refractivity contribution is 0.413. The van der Waals surface area contributed by atoms with Crippen LogP contribution in [0.25, 0.3) is 28.2 Å². The molecule has 5 rings (SSSR count). The Hall–Kier alpha value is -3.59. The Morgan fingerprint density at radius 3 is 2.41 bits per heavy atom. The Balaban J connectivity index is 1.54. The van der Waals surface area contributed by atoms with Gasteiger partial charge >= 0.3 is 0 Å². The zero-order valence-electron chi connectivity index (χ0n) is 18.3. The van der Waals surface area contributed by atoms with Gasteiger partial charge in [-0.3, -0.25) is 0 Å². The first-order chi connectivity index (χ1) is 15.8. The molecule has 0 N–H and O–H groups in total. The SMILES string of the molecule is COc1cccc(C[C@@H]2CCCC=C2c2nc(-c3ccccc3)c(-c3ccccc3)o2)c1. The van der Waals surface area contributed by atoms with Crippen LogP contribution < -0.4 is 4.74 Å². The summed E-state index contributed by atoms with van der Waals surface area (Å²) in [5.41, 5.74) is 5.52. The number of ether oxygens (including phenoxy) is 1. The van der Waals surface area contributed by atoms with E-state index in [0.29, 0.717) is 5.92 Å². The summed E-state index contributed by atoms with van der Waals surface area (Å²) >= 11 is 0. The maximum absolute atomic E-state index is 6.50. The highest BCUT2D eigenvalue weighted by Crippen LogP contribution is 2.40. The van der Waals surface area contributed by atoms with Crippen molar-refractivity contribution in [3.05, 3.63) is 102 Å². The smallest absolute Gasteiger partial charge is 0.223 e. The van der Waals surface area contributed by atoms with E-state index in [2.05, 4.69) is 48.5 Å². The molecule has 0 saturated carbocycles. The van der Waals surface area contributed by atoms with Gasteiger partial charge in [0, 0.05) is 16.7 Å². The van der Waals surface area contributed by atoms with Crippen LogP contribution in [0.3, 0.4) is 0 Å². The van der Waals surface area contributed by atoms with Crippen molar-refractivity contribution in [2.24, 2.45) is 5.92 Å². The molecule has 1 aliphatic rings. The number of rotatable bonds is 6. The predicted octanol–water partition coefficient (Wildman–Crippen LogP) is 7.44. The van der Waals surface area contributed by atoms with Crippen LogP contribution in [0.15, 0.2) is 95.4 Å². The van der Waals surface area contributed by atoms with Gasteiger partial charge in [0.05, 0.1) is 7.11 Å². The molecular formula is C29H27NO2. The van der Waals surface area contributed by atoms with E-state index in [0.717, 1.165) is 53.5 Å². The highest BCUT2D eigenvalue weighted by Gasteiger charge is 2.26. The number of nitrogens with zero attached hydrogens (tertiary/aromatic N) is 1. The normalized spacial score (nSPS) is 15.9. The van der Waals surface area contributed by atoms with Crippen molar-refractivity contribution in [2.45, 2.75) is 25.7 Å². The molecule has 1 atom stereocenters. The minimum Gasteiger partial charge on any atom is -0.497 e. The van der Waals surface area contributed by atoms with Gasteiger partial charge in [0.1, 0.15) is 11.4 Å². The van der Waals surface area contributed by atoms with Gasteiger partial charge in [-0.05, 0) is 49.3 Å². The first-order valence-electron chi connectivity index (χ1n) is 11.3. The van der Waals surface area contributed by atoms with Crippen molar-refractivity contribution in [3.8, 4) is 28.3 Å². The first kappa shape index (κ1) is 20.3. The second-order valence-corrected chi connectivity index (χ2v) is 8.27. The molecule has 0 radical (unpaired) electrons. The molecule has 3 heteroatoms. The van der Waals surface area contributed by atoms with Gasteiger partial charge in [0.15, 0.2) is 5.76 Å². The van der Waals surface area contributed by atoms with Crippen LogP contribution in [0.1, 0.15) is 30.7 Å². The van der Waals surface area contributed by atoms with E-state index in [-0.39, 0.29) is 0 Å². The summed E-state index contributed by atoms with van der Waals surface area (Å²) in [6, 6.07) is 28.9. The third kappa shape index (κ3) is 4.24. The molecule has 160 valence electrons. The molecule has 32 heavy (non-hydrogen) atoms. The molecule has 1 aliphatic carbocycles. The van der Waals surface area contributed by atoms with Crippen LogP contribution >= 0.6 is 0 Å². The van der Waals surface area contributed by atoms with Crippen molar-refractivity contribution in [3.63, 3.8) is 0 Å². The summed E-state index contributed by atoms with van der Waals surface area (Å²) in [7, 11) is 1.72. The monoisotopic (exact) mass is 421 g/mol. The molecule has 4 aromatic rings. The lowest BCUT2D eigenvalue weighted by Crippen LogP contribution is -2.11. The predicted molar refractivity (Wildman–Crippen MR) is 129 cm³/mol. The van der Waals surface area contributed by atoms with Crippen LogP contribution in [0, 0.1) is 5.92 Å². The van der Waals surface area contributed by atoms with E-state index in [1.165, 1.54) is 17.6 Å². The molecule has 1 aromatic heterocycles.